The summed E-state index contributed by atoms with van der Waals surface area (Å²) in [5, 5.41) is 7.28. The first-order chi connectivity index (χ1) is 10.2. The molecular formula is C14H18ClF2N5. The number of rotatable bonds is 4. The van der Waals surface area contributed by atoms with Gasteiger partial charge >= 0.3 is 6.55 Å². The van der Waals surface area contributed by atoms with Crippen molar-refractivity contribution in [3.8, 4) is 0 Å². The highest BCUT2D eigenvalue weighted by molar-refractivity contribution is 5.85. The quantitative estimate of drug-likeness (QED) is 0.934. The molecule has 1 atom stereocenters. The van der Waals surface area contributed by atoms with Gasteiger partial charge in [-0.1, -0.05) is 6.07 Å². The molecule has 2 aromatic heterocycles. The highest BCUT2D eigenvalue weighted by atomic mass is 35.5. The number of nitrogens with one attached hydrogen (secondary N) is 1. The predicted molar refractivity (Wildman–Crippen MR) is 81.0 cm³/mol. The number of aromatic nitrogens is 3. The second-order valence-corrected chi connectivity index (χ2v) is 5.04. The molecule has 1 fully saturated rings. The number of pyridine rings is 1. The number of nitrogens with zero attached hydrogens (tertiary/aromatic N) is 4. The molecule has 0 saturated carbocycles. The van der Waals surface area contributed by atoms with Gasteiger partial charge in [-0.3, -0.25) is 9.88 Å². The number of halogens is 3. The molecule has 0 bridgehead atoms. The topological polar surface area (TPSA) is 46.0 Å². The van der Waals surface area contributed by atoms with Gasteiger partial charge in [0.2, 0.25) is 0 Å². The molecule has 1 aliphatic rings. The van der Waals surface area contributed by atoms with E-state index in [1.165, 1.54) is 6.20 Å². The summed E-state index contributed by atoms with van der Waals surface area (Å²) in [4.78, 5) is 6.40. The maximum Gasteiger partial charge on any atom is 0.333 e. The van der Waals surface area contributed by atoms with Crippen LogP contribution in [0, 0.1) is 0 Å². The average molecular weight is 330 g/mol. The predicted octanol–water partition coefficient (Wildman–Crippen LogP) is 2.24. The normalized spacial score (nSPS) is 19.1. The van der Waals surface area contributed by atoms with Crippen LogP contribution in [0.5, 0.6) is 0 Å². The van der Waals surface area contributed by atoms with Crippen LogP contribution >= 0.6 is 12.4 Å². The van der Waals surface area contributed by atoms with Gasteiger partial charge in [-0.15, -0.1) is 12.4 Å². The molecule has 3 rings (SSSR count). The molecule has 3 heterocycles. The molecule has 0 radical (unpaired) electrons. The van der Waals surface area contributed by atoms with Crippen molar-refractivity contribution in [2.45, 2.75) is 19.1 Å². The van der Waals surface area contributed by atoms with E-state index < -0.39 is 6.55 Å². The highest BCUT2D eigenvalue weighted by Gasteiger charge is 2.24. The summed E-state index contributed by atoms with van der Waals surface area (Å²) in [5.41, 5.74) is 1.78. The van der Waals surface area contributed by atoms with Crippen molar-refractivity contribution >= 4 is 12.4 Å². The molecule has 2 aromatic rings. The fraction of sp³-hybridized carbons (Fsp3) is 0.429. The third-order valence-electron chi connectivity index (χ3n) is 3.65. The van der Waals surface area contributed by atoms with E-state index in [1.54, 1.807) is 12.3 Å². The molecule has 120 valence electrons. The van der Waals surface area contributed by atoms with E-state index in [2.05, 4.69) is 20.3 Å². The van der Waals surface area contributed by atoms with Crippen LogP contribution in [0.1, 0.15) is 23.8 Å². The van der Waals surface area contributed by atoms with Crippen LogP contribution in [0.25, 0.3) is 0 Å². The lowest BCUT2D eigenvalue weighted by Crippen LogP contribution is -2.45. The summed E-state index contributed by atoms with van der Waals surface area (Å²) in [6.07, 6.45) is 4.91. The fourth-order valence-corrected chi connectivity index (χ4v) is 2.62. The van der Waals surface area contributed by atoms with Crippen LogP contribution in [-0.4, -0.2) is 39.3 Å². The van der Waals surface area contributed by atoms with Crippen molar-refractivity contribution in [2.24, 2.45) is 0 Å². The average Bonchev–Trinajstić information content (AvgIpc) is 2.98. The van der Waals surface area contributed by atoms with Gasteiger partial charge in [0, 0.05) is 50.8 Å². The van der Waals surface area contributed by atoms with E-state index in [1.807, 2.05) is 18.3 Å². The Morgan fingerprint density at radius 1 is 1.36 bits per heavy atom. The maximum absolute atomic E-state index is 12.6. The van der Waals surface area contributed by atoms with Crippen molar-refractivity contribution < 1.29 is 8.78 Å². The third-order valence-corrected chi connectivity index (χ3v) is 3.65. The zero-order valence-electron chi connectivity index (χ0n) is 11.9. The molecule has 0 aromatic carbocycles. The first-order valence-corrected chi connectivity index (χ1v) is 6.91. The van der Waals surface area contributed by atoms with E-state index in [0.29, 0.717) is 16.9 Å². The van der Waals surface area contributed by atoms with Gasteiger partial charge in [0.15, 0.2) is 0 Å². The SMILES string of the molecule is Cl.FC(F)n1ccc(CN2CCNCC2c2cccnc2)n1. The minimum Gasteiger partial charge on any atom is -0.314 e. The van der Waals surface area contributed by atoms with Gasteiger partial charge in [-0.2, -0.15) is 13.9 Å². The van der Waals surface area contributed by atoms with Crippen LogP contribution in [0.4, 0.5) is 8.78 Å². The van der Waals surface area contributed by atoms with Crippen LogP contribution in [0.3, 0.4) is 0 Å². The Bertz CT molecular complexity index is 578. The number of hydrogen-bond donors (Lipinski definition) is 1. The first kappa shape index (κ1) is 16.8. The van der Waals surface area contributed by atoms with E-state index >= 15 is 0 Å². The molecule has 1 aliphatic heterocycles. The molecule has 1 saturated heterocycles. The molecule has 1 N–H and O–H groups in total. The van der Waals surface area contributed by atoms with Gasteiger partial charge < -0.3 is 5.32 Å². The summed E-state index contributed by atoms with van der Waals surface area (Å²) in [6.45, 7) is 0.520. The third kappa shape index (κ3) is 3.79. The second kappa shape index (κ2) is 7.62. The van der Waals surface area contributed by atoms with E-state index in [0.717, 1.165) is 25.2 Å². The second-order valence-electron chi connectivity index (χ2n) is 5.04. The van der Waals surface area contributed by atoms with Gasteiger partial charge in [0.05, 0.1) is 5.69 Å². The van der Waals surface area contributed by atoms with Crippen molar-refractivity contribution in [1.82, 2.24) is 25.0 Å². The molecule has 8 heteroatoms. The largest absolute Gasteiger partial charge is 0.333 e. The number of hydrogen-bond acceptors (Lipinski definition) is 4. The Balaban J connectivity index is 0.00000176. The summed E-state index contributed by atoms with van der Waals surface area (Å²) in [7, 11) is 0. The van der Waals surface area contributed by atoms with Gasteiger partial charge in [-0.25, -0.2) is 4.68 Å². The zero-order chi connectivity index (χ0) is 14.7. The van der Waals surface area contributed by atoms with Crippen LogP contribution in [0.2, 0.25) is 0 Å². The van der Waals surface area contributed by atoms with Gasteiger partial charge in [0.1, 0.15) is 0 Å². The molecule has 0 aliphatic carbocycles. The van der Waals surface area contributed by atoms with E-state index in [4.69, 9.17) is 0 Å². The van der Waals surface area contributed by atoms with E-state index in [-0.39, 0.29) is 18.4 Å². The maximum atomic E-state index is 12.6. The Morgan fingerprint density at radius 3 is 2.91 bits per heavy atom. The minimum atomic E-state index is -2.59. The monoisotopic (exact) mass is 329 g/mol. The smallest absolute Gasteiger partial charge is 0.314 e. The van der Waals surface area contributed by atoms with Crippen molar-refractivity contribution in [3.05, 3.63) is 48.0 Å². The number of alkyl halides is 2. The van der Waals surface area contributed by atoms with Gasteiger partial charge in [0.25, 0.3) is 0 Å². The Labute approximate surface area is 133 Å². The number of piperazine rings is 1. The highest BCUT2D eigenvalue weighted by Crippen LogP contribution is 2.23. The van der Waals surface area contributed by atoms with Crippen molar-refractivity contribution in [3.63, 3.8) is 0 Å². The first-order valence-electron chi connectivity index (χ1n) is 6.91. The molecular weight excluding hydrogens is 312 g/mol. The van der Waals surface area contributed by atoms with Gasteiger partial charge in [-0.05, 0) is 17.7 Å². The molecule has 22 heavy (non-hydrogen) atoms. The Hall–Kier alpha value is -1.57. The lowest BCUT2D eigenvalue weighted by Gasteiger charge is -2.35. The molecule has 0 spiro atoms. The summed E-state index contributed by atoms with van der Waals surface area (Å²) in [6, 6.07) is 5.78. The Kier molecular flexibility index (Phi) is 5.82. The summed E-state index contributed by atoms with van der Waals surface area (Å²) >= 11 is 0. The van der Waals surface area contributed by atoms with Crippen LogP contribution < -0.4 is 5.32 Å². The van der Waals surface area contributed by atoms with Crippen LogP contribution in [0.15, 0.2) is 36.8 Å². The fourth-order valence-electron chi connectivity index (χ4n) is 2.62. The lowest BCUT2D eigenvalue weighted by atomic mass is 10.1. The van der Waals surface area contributed by atoms with Crippen LogP contribution in [-0.2, 0) is 6.54 Å². The molecule has 5 nitrogen and oxygen atoms in total. The van der Waals surface area contributed by atoms with Crippen molar-refractivity contribution in [2.75, 3.05) is 19.6 Å². The van der Waals surface area contributed by atoms with Crippen molar-refractivity contribution in [1.29, 1.82) is 0 Å². The summed E-state index contributed by atoms with van der Waals surface area (Å²) in [5.74, 6) is 0. The molecule has 1 unspecified atom stereocenters. The standard InChI is InChI=1S/C14H17F2N5.ClH/c15-14(16)21-6-3-12(19-21)10-20-7-5-18-9-13(20)11-2-1-4-17-8-11;/h1-4,6,8,13-14,18H,5,7,9-10H2;1H. The molecule has 0 amide bonds. The van der Waals surface area contributed by atoms with E-state index in [9.17, 15) is 8.78 Å². The zero-order valence-corrected chi connectivity index (χ0v) is 12.7. The minimum absolute atomic E-state index is 0. The summed E-state index contributed by atoms with van der Waals surface area (Å²) < 4.78 is 25.8. The Morgan fingerprint density at radius 2 is 2.23 bits per heavy atom. The lowest BCUT2D eigenvalue weighted by molar-refractivity contribution is 0.0554.